The number of H-pyrrole nitrogens is 1. The highest BCUT2D eigenvalue weighted by atomic mass is 16.5. The van der Waals surface area contributed by atoms with Crippen LogP contribution in [0.4, 0.5) is 11.5 Å². The molecule has 1 aromatic carbocycles. The van der Waals surface area contributed by atoms with Crippen LogP contribution >= 0.6 is 0 Å². The molecule has 0 aliphatic heterocycles. The fourth-order valence-electron chi connectivity index (χ4n) is 3.47. The van der Waals surface area contributed by atoms with Gasteiger partial charge in [-0.25, -0.2) is 9.97 Å². The molecule has 0 spiro atoms. The molecule has 9 heteroatoms. The Morgan fingerprint density at radius 1 is 1.19 bits per heavy atom. The summed E-state index contributed by atoms with van der Waals surface area (Å²) in [6, 6.07) is 5.74. The number of anilines is 2. The van der Waals surface area contributed by atoms with Gasteiger partial charge in [-0.1, -0.05) is 6.92 Å². The highest BCUT2D eigenvalue weighted by Crippen LogP contribution is 2.33. The molecule has 0 saturated heterocycles. The Morgan fingerprint density at radius 3 is 2.78 bits per heavy atom. The summed E-state index contributed by atoms with van der Waals surface area (Å²) < 4.78 is 11.2. The number of fused-ring (bicyclic) bond motifs is 1. The Hall–Kier alpha value is -3.33. The third kappa shape index (κ3) is 5.88. The van der Waals surface area contributed by atoms with E-state index >= 15 is 0 Å². The Bertz CT molecular complexity index is 1020. The number of rotatable bonds is 13. The minimum atomic E-state index is 0.620. The molecule has 9 nitrogen and oxygen atoms in total. The maximum atomic E-state index is 10.8. The molecule has 0 bridgehead atoms. The van der Waals surface area contributed by atoms with Crippen molar-refractivity contribution in [3.63, 3.8) is 0 Å². The second-order valence-electron chi connectivity index (χ2n) is 7.78. The molecule has 2 heterocycles. The predicted molar refractivity (Wildman–Crippen MR) is 126 cm³/mol. The van der Waals surface area contributed by atoms with E-state index in [0.29, 0.717) is 18.1 Å². The Balaban J connectivity index is 1.78. The first-order valence-electron chi connectivity index (χ1n) is 10.8. The highest BCUT2D eigenvalue weighted by molar-refractivity contribution is 5.92. The lowest BCUT2D eigenvalue weighted by Gasteiger charge is -2.18. The zero-order valence-electron chi connectivity index (χ0n) is 19.2. The molecule has 0 radical (unpaired) electrons. The van der Waals surface area contributed by atoms with Gasteiger partial charge in [-0.15, -0.1) is 0 Å². The van der Waals surface area contributed by atoms with Crippen LogP contribution in [0.25, 0.3) is 11.0 Å². The molecule has 172 valence electrons. The van der Waals surface area contributed by atoms with Gasteiger partial charge in [0.25, 0.3) is 0 Å². The van der Waals surface area contributed by atoms with Crippen molar-refractivity contribution in [1.29, 1.82) is 0 Å². The van der Waals surface area contributed by atoms with Crippen molar-refractivity contribution < 1.29 is 14.3 Å². The molecule has 0 aliphatic carbocycles. The zero-order valence-corrected chi connectivity index (χ0v) is 19.2. The van der Waals surface area contributed by atoms with E-state index in [1.165, 1.54) is 0 Å². The van der Waals surface area contributed by atoms with Crippen LogP contribution in [0.3, 0.4) is 0 Å². The van der Waals surface area contributed by atoms with Crippen LogP contribution in [0.2, 0.25) is 0 Å². The van der Waals surface area contributed by atoms with Crippen molar-refractivity contribution in [2.75, 3.05) is 46.2 Å². The normalized spacial score (nSPS) is 11.0. The summed E-state index contributed by atoms with van der Waals surface area (Å²) in [5.74, 6) is 2.12. The molecule has 2 aromatic heterocycles. The first kappa shape index (κ1) is 23.3. The number of amides is 1. The average molecular weight is 441 g/mol. The number of ether oxygens (including phenoxy) is 2. The van der Waals surface area contributed by atoms with Crippen molar-refractivity contribution in [2.24, 2.45) is 0 Å². The molecule has 0 aliphatic rings. The number of benzene rings is 1. The average Bonchev–Trinajstić information content (AvgIpc) is 3.21. The van der Waals surface area contributed by atoms with E-state index < -0.39 is 0 Å². The second-order valence-corrected chi connectivity index (χ2v) is 7.78. The van der Waals surface area contributed by atoms with E-state index in [4.69, 9.17) is 9.47 Å². The minimum Gasteiger partial charge on any atom is -0.493 e. The van der Waals surface area contributed by atoms with Crippen LogP contribution in [0.1, 0.15) is 25.3 Å². The van der Waals surface area contributed by atoms with Crippen LogP contribution in [-0.2, 0) is 11.3 Å². The Kier molecular flexibility index (Phi) is 8.27. The van der Waals surface area contributed by atoms with E-state index in [2.05, 4.69) is 39.1 Å². The van der Waals surface area contributed by atoms with Gasteiger partial charge in [-0.05, 0) is 44.1 Å². The van der Waals surface area contributed by atoms with Crippen molar-refractivity contribution in [2.45, 2.75) is 26.3 Å². The van der Waals surface area contributed by atoms with E-state index in [1.807, 2.05) is 24.4 Å². The van der Waals surface area contributed by atoms with Crippen molar-refractivity contribution >= 4 is 28.9 Å². The van der Waals surface area contributed by atoms with E-state index in [1.54, 1.807) is 25.4 Å². The zero-order chi connectivity index (χ0) is 22.9. The fraction of sp³-hybridized carbons (Fsp3) is 0.435. The molecule has 0 saturated carbocycles. The number of nitrogens with one attached hydrogen (secondary N) is 2. The molecule has 1 amide bonds. The van der Waals surface area contributed by atoms with Crippen molar-refractivity contribution in [1.82, 2.24) is 24.8 Å². The fourth-order valence-corrected chi connectivity index (χ4v) is 3.47. The lowest BCUT2D eigenvalue weighted by atomic mass is 10.2. The van der Waals surface area contributed by atoms with Crippen molar-refractivity contribution in [3.05, 3.63) is 36.3 Å². The number of nitrogens with zero attached hydrogens (tertiary/aromatic N) is 4. The molecule has 0 atom stereocenters. The number of carbonyl (C=O) groups excluding carboxylic acids is 1. The SMILES string of the molecule is CCCOc1cc(Nc2ncnc3[nH]cc(CN(C)CCCN(C)C=O)c23)ccc1OC. The quantitative estimate of drug-likeness (QED) is 0.393. The van der Waals surface area contributed by atoms with Crippen LogP contribution in [0.5, 0.6) is 11.5 Å². The number of carbonyl (C=O) groups is 1. The lowest BCUT2D eigenvalue weighted by molar-refractivity contribution is -0.117. The van der Waals surface area contributed by atoms with Crippen LogP contribution in [0.15, 0.2) is 30.7 Å². The van der Waals surface area contributed by atoms with E-state index in [0.717, 1.165) is 67.0 Å². The molecule has 2 N–H and O–H groups in total. The van der Waals surface area contributed by atoms with Gasteiger partial charge in [0.1, 0.15) is 17.8 Å². The first-order valence-corrected chi connectivity index (χ1v) is 10.8. The van der Waals surface area contributed by atoms with E-state index in [-0.39, 0.29) is 0 Å². The first-order chi connectivity index (χ1) is 15.5. The highest BCUT2D eigenvalue weighted by Gasteiger charge is 2.14. The standard InChI is InChI=1S/C23H32N6O3/c1-5-11-32-20-12-18(7-8-19(20)31-4)27-23-21-17(13-24-22(21)25-15-26-23)14-28(2)9-6-10-29(3)16-30/h7-8,12-13,15-16H,5-6,9-11,14H2,1-4H3,(H2,24,25,26,27). The van der Waals surface area contributed by atoms with Crippen LogP contribution < -0.4 is 14.8 Å². The third-order valence-electron chi connectivity index (χ3n) is 5.11. The molecular formula is C23H32N6O3. The van der Waals surface area contributed by atoms with Gasteiger partial charge >= 0.3 is 0 Å². The molecule has 3 aromatic rings. The molecule has 0 unspecified atom stereocenters. The Morgan fingerprint density at radius 2 is 2.03 bits per heavy atom. The summed E-state index contributed by atoms with van der Waals surface area (Å²) in [7, 11) is 5.49. The van der Waals surface area contributed by atoms with Crippen LogP contribution in [-0.4, -0.2) is 72.1 Å². The van der Waals surface area contributed by atoms with E-state index in [9.17, 15) is 4.79 Å². The number of methoxy groups -OCH3 is 1. The number of aromatic nitrogens is 3. The summed E-state index contributed by atoms with van der Waals surface area (Å²) in [6.45, 7) is 5.03. The maximum Gasteiger partial charge on any atom is 0.209 e. The van der Waals surface area contributed by atoms with Gasteiger partial charge in [0, 0.05) is 38.1 Å². The summed E-state index contributed by atoms with van der Waals surface area (Å²) in [4.78, 5) is 26.7. The smallest absolute Gasteiger partial charge is 0.209 e. The third-order valence-corrected chi connectivity index (χ3v) is 5.11. The van der Waals surface area contributed by atoms with Crippen LogP contribution in [0, 0.1) is 0 Å². The van der Waals surface area contributed by atoms with Crippen molar-refractivity contribution in [3.8, 4) is 11.5 Å². The van der Waals surface area contributed by atoms with Gasteiger partial charge in [-0.3, -0.25) is 4.79 Å². The maximum absolute atomic E-state index is 10.8. The summed E-state index contributed by atoms with van der Waals surface area (Å²) in [5.41, 5.74) is 2.74. The van der Waals surface area contributed by atoms with Gasteiger partial charge in [-0.2, -0.15) is 0 Å². The van der Waals surface area contributed by atoms with Gasteiger partial charge in [0.05, 0.1) is 19.1 Å². The monoisotopic (exact) mass is 440 g/mol. The second kappa shape index (κ2) is 11.3. The molecule has 32 heavy (non-hydrogen) atoms. The van der Waals surface area contributed by atoms with Gasteiger partial charge < -0.3 is 29.6 Å². The lowest BCUT2D eigenvalue weighted by Crippen LogP contribution is -2.24. The Labute approximate surface area is 188 Å². The topological polar surface area (TPSA) is 95.6 Å². The summed E-state index contributed by atoms with van der Waals surface area (Å²) in [5, 5.41) is 4.36. The van der Waals surface area contributed by atoms with Gasteiger partial charge in [0.2, 0.25) is 6.41 Å². The predicted octanol–water partition coefficient (Wildman–Crippen LogP) is 3.41. The van der Waals surface area contributed by atoms with Gasteiger partial charge in [0.15, 0.2) is 11.5 Å². The summed E-state index contributed by atoms with van der Waals surface area (Å²) >= 11 is 0. The minimum absolute atomic E-state index is 0.620. The number of aromatic amines is 1. The summed E-state index contributed by atoms with van der Waals surface area (Å²) in [6.07, 6.45) is 6.19. The molecule has 0 fully saturated rings. The number of hydrogen-bond donors (Lipinski definition) is 2. The largest absolute Gasteiger partial charge is 0.493 e. The molecule has 3 rings (SSSR count). The number of hydrogen-bond acceptors (Lipinski definition) is 7. The molecular weight excluding hydrogens is 408 g/mol.